The highest BCUT2D eigenvalue weighted by Crippen LogP contribution is 2.44. The van der Waals surface area contributed by atoms with Crippen molar-refractivity contribution >= 4 is 23.1 Å². The fourth-order valence-electron chi connectivity index (χ4n) is 4.85. The lowest BCUT2D eigenvalue weighted by Crippen LogP contribution is -2.20. The number of benzene rings is 1. The molecule has 2 aromatic heterocycles. The van der Waals surface area contributed by atoms with E-state index in [4.69, 9.17) is 5.73 Å². The van der Waals surface area contributed by atoms with Crippen LogP contribution in [0.5, 0.6) is 0 Å². The molecular weight excluding hydrogens is 394 g/mol. The van der Waals surface area contributed by atoms with Gasteiger partial charge in [0.2, 0.25) is 0 Å². The molecule has 0 saturated heterocycles. The van der Waals surface area contributed by atoms with Gasteiger partial charge in [-0.3, -0.25) is 0 Å². The molecule has 0 unspecified atom stereocenters. The minimum atomic E-state index is 0.495. The number of allylic oxidation sites excluding steroid dienone is 3. The monoisotopic (exact) mass is 421 g/mol. The van der Waals surface area contributed by atoms with Crippen molar-refractivity contribution < 1.29 is 0 Å². The second-order valence-corrected chi connectivity index (χ2v) is 8.63. The van der Waals surface area contributed by atoms with Crippen molar-refractivity contribution in [1.29, 1.82) is 0 Å². The Morgan fingerprint density at radius 3 is 2.72 bits per heavy atom. The molecule has 5 nitrogen and oxygen atoms in total. The summed E-state index contributed by atoms with van der Waals surface area (Å²) in [6.07, 6.45) is 13.5. The maximum atomic E-state index is 6.34. The molecule has 2 aliphatic rings. The molecule has 5 heteroatoms. The fraction of sp³-hybridized carbons (Fsp3) is 0.185. The van der Waals surface area contributed by atoms with Gasteiger partial charge in [0.05, 0.1) is 0 Å². The summed E-state index contributed by atoms with van der Waals surface area (Å²) in [6, 6.07) is 8.68. The van der Waals surface area contributed by atoms with E-state index in [1.807, 2.05) is 21.7 Å². The third kappa shape index (κ3) is 3.09. The molecule has 1 aliphatic carbocycles. The Balaban J connectivity index is 1.63. The predicted molar refractivity (Wildman–Crippen MR) is 132 cm³/mol. The molecule has 1 fully saturated rings. The van der Waals surface area contributed by atoms with Crippen molar-refractivity contribution in [2.45, 2.75) is 25.7 Å². The van der Waals surface area contributed by atoms with Crippen molar-refractivity contribution in [2.24, 2.45) is 5.92 Å². The highest BCUT2D eigenvalue weighted by molar-refractivity contribution is 5.91. The molecule has 32 heavy (non-hydrogen) atoms. The molecule has 0 amide bonds. The first-order valence-corrected chi connectivity index (χ1v) is 10.9. The summed E-state index contributed by atoms with van der Waals surface area (Å²) < 4.78 is 1.98. The molecule has 2 N–H and O–H groups in total. The first-order chi connectivity index (χ1) is 15.5. The zero-order chi connectivity index (χ0) is 22.4. The Hall–Kier alpha value is -3.86. The summed E-state index contributed by atoms with van der Waals surface area (Å²) in [7, 11) is 0. The maximum Gasteiger partial charge on any atom is 0.151 e. The van der Waals surface area contributed by atoms with Crippen molar-refractivity contribution in [1.82, 2.24) is 19.5 Å². The zero-order valence-corrected chi connectivity index (χ0v) is 18.3. The van der Waals surface area contributed by atoms with Crippen LogP contribution < -0.4 is 5.73 Å². The standard InChI is InChI=1S/C27H27N5/c1-5-7-22(6-2)31-11-10-19-8-9-20(14-23(19)18(31)4)24-15-25(21-12-17(3)13-21)32-26(24)27(28)29-16-30-32/h5-11,14-17,21H,1-2,4,12-13H2,3H3,(H2,28,29,30)/b22-7+. The number of nitrogens with zero attached hydrogens (tertiary/aromatic N) is 4. The number of nitrogen functional groups attached to an aromatic ring is 1. The van der Waals surface area contributed by atoms with Gasteiger partial charge in [-0.1, -0.05) is 44.9 Å². The van der Waals surface area contributed by atoms with Crippen LogP contribution in [-0.4, -0.2) is 19.5 Å². The third-order valence-corrected chi connectivity index (χ3v) is 6.55. The van der Waals surface area contributed by atoms with E-state index >= 15 is 0 Å². The Morgan fingerprint density at radius 2 is 2.00 bits per heavy atom. The van der Waals surface area contributed by atoms with Crippen LogP contribution in [0.4, 0.5) is 5.82 Å². The summed E-state index contributed by atoms with van der Waals surface area (Å²) in [5, 5.41) is 4.55. The Morgan fingerprint density at radius 1 is 1.19 bits per heavy atom. The quantitative estimate of drug-likeness (QED) is 0.513. The van der Waals surface area contributed by atoms with Crippen LogP contribution in [0.25, 0.3) is 28.4 Å². The lowest BCUT2D eigenvalue weighted by molar-refractivity contribution is 0.281. The minimum absolute atomic E-state index is 0.495. The molecule has 3 heterocycles. The molecule has 5 rings (SSSR count). The van der Waals surface area contributed by atoms with Crippen molar-refractivity contribution in [3.05, 3.63) is 97.3 Å². The minimum Gasteiger partial charge on any atom is -0.382 e. The highest BCUT2D eigenvalue weighted by atomic mass is 15.3. The van der Waals surface area contributed by atoms with Crippen molar-refractivity contribution in [3.8, 4) is 11.1 Å². The van der Waals surface area contributed by atoms with Crippen molar-refractivity contribution in [2.75, 3.05) is 5.73 Å². The van der Waals surface area contributed by atoms with Crippen molar-refractivity contribution in [3.63, 3.8) is 0 Å². The third-order valence-electron chi connectivity index (χ3n) is 6.55. The summed E-state index contributed by atoms with van der Waals surface area (Å²) in [5.41, 5.74) is 14.5. The van der Waals surface area contributed by atoms with E-state index in [1.54, 1.807) is 12.2 Å². The van der Waals surface area contributed by atoms with Gasteiger partial charge in [0.25, 0.3) is 0 Å². The van der Waals surface area contributed by atoms with E-state index in [0.29, 0.717) is 11.7 Å². The number of fused-ring (bicyclic) bond motifs is 2. The molecule has 0 radical (unpaired) electrons. The predicted octanol–water partition coefficient (Wildman–Crippen LogP) is 6.00. The van der Waals surface area contributed by atoms with Crippen LogP contribution in [0.1, 0.15) is 42.5 Å². The fourth-order valence-corrected chi connectivity index (χ4v) is 4.85. The van der Waals surface area contributed by atoms with Gasteiger partial charge in [0.1, 0.15) is 11.8 Å². The van der Waals surface area contributed by atoms with Crippen LogP contribution >= 0.6 is 0 Å². The van der Waals surface area contributed by atoms with Crippen LogP contribution in [0.3, 0.4) is 0 Å². The molecule has 1 aliphatic heterocycles. The van der Waals surface area contributed by atoms with E-state index in [2.05, 4.69) is 67.1 Å². The molecule has 1 aromatic carbocycles. The van der Waals surface area contributed by atoms with E-state index in [0.717, 1.165) is 45.1 Å². The molecular formula is C27H27N5. The molecule has 160 valence electrons. The van der Waals surface area contributed by atoms with Crippen LogP contribution in [0, 0.1) is 5.92 Å². The summed E-state index contributed by atoms with van der Waals surface area (Å²) in [6.45, 7) is 14.4. The second kappa shape index (κ2) is 7.68. The number of rotatable bonds is 5. The first kappa shape index (κ1) is 20.1. The van der Waals surface area contributed by atoms with Gasteiger partial charge in [-0.05, 0) is 60.2 Å². The van der Waals surface area contributed by atoms with Gasteiger partial charge in [-0.2, -0.15) is 5.10 Å². The van der Waals surface area contributed by atoms with Crippen LogP contribution in [-0.2, 0) is 0 Å². The van der Waals surface area contributed by atoms with Gasteiger partial charge in [-0.15, -0.1) is 0 Å². The van der Waals surface area contributed by atoms with Crippen LogP contribution in [0.2, 0.25) is 0 Å². The smallest absolute Gasteiger partial charge is 0.151 e. The first-order valence-electron chi connectivity index (χ1n) is 10.9. The Kier molecular flexibility index (Phi) is 4.82. The highest BCUT2D eigenvalue weighted by Gasteiger charge is 2.31. The van der Waals surface area contributed by atoms with Gasteiger partial charge in [0.15, 0.2) is 5.82 Å². The number of nitrogens with two attached hydrogens (primary N) is 1. The van der Waals surface area contributed by atoms with E-state index in [1.165, 1.54) is 24.9 Å². The summed E-state index contributed by atoms with van der Waals surface area (Å²) >= 11 is 0. The number of anilines is 1. The number of hydrogen-bond donors (Lipinski definition) is 1. The largest absolute Gasteiger partial charge is 0.382 e. The molecule has 0 atom stereocenters. The van der Waals surface area contributed by atoms with Crippen LogP contribution in [0.15, 0.2) is 80.5 Å². The second-order valence-electron chi connectivity index (χ2n) is 8.63. The molecule has 1 saturated carbocycles. The molecule has 0 spiro atoms. The maximum absolute atomic E-state index is 6.34. The SMILES string of the molecule is C=C/C=C(\C=C)N1C=Cc2ccc(-c3cc(C4CC(C)C4)n4ncnc(N)c34)cc2C1=C. The van der Waals surface area contributed by atoms with Gasteiger partial charge >= 0.3 is 0 Å². The van der Waals surface area contributed by atoms with Gasteiger partial charge in [0, 0.05) is 40.3 Å². The molecule has 3 aromatic rings. The Bertz CT molecular complexity index is 1320. The zero-order valence-electron chi connectivity index (χ0n) is 18.3. The topological polar surface area (TPSA) is 59.5 Å². The molecule has 0 bridgehead atoms. The average molecular weight is 422 g/mol. The van der Waals surface area contributed by atoms with E-state index in [9.17, 15) is 0 Å². The Labute approximate surface area is 188 Å². The summed E-state index contributed by atoms with van der Waals surface area (Å²) in [5.74, 6) is 1.75. The number of aromatic nitrogens is 3. The lowest BCUT2D eigenvalue weighted by Gasteiger charge is -2.32. The lowest BCUT2D eigenvalue weighted by atomic mass is 9.74. The average Bonchev–Trinajstić information content (AvgIpc) is 3.16. The normalized spacial score (nSPS) is 20.2. The summed E-state index contributed by atoms with van der Waals surface area (Å²) in [4.78, 5) is 6.30. The van der Waals surface area contributed by atoms with Gasteiger partial charge in [-0.25, -0.2) is 9.50 Å². The van der Waals surface area contributed by atoms with E-state index < -0.39 is 0 Å². The van der Waals surface area contributed by atoms with Gasteiger partial charge < -0.3 is 10.6 Å². The van der Waals surface area contributed by atoms with E-state index in [-0.39, 0.29) is 0 Å². The number of hydrogen-bond acceptors (Lipinski definition) is 4.